The highest BCUT2D eigenvalue weighted by Gasteiger charge is 2.21. The lowest BCUT2D eigenvalue weighted by molar-refractivity contribution is -0.148. The number of carbonyl (C=O) groups is 4. The molecule has 0 saturated carbocycles. The first kappa shape index (κ1) is 21.2. The molecule has 9 heteroatoms. The number of ether oxygens (including phenoxy) is 1. The highest BCUT2D eigenvalue weighted by Crippen LogP contribution is 2.18. The summed E-state index contributed by atoms with van der Waals surface area (Å²) >= 11 is 0. The normalized spacial score (nSPS) is 12.9. The Labute approximate surface area is 149 Å². The maximum atomic E-state index is 11.0. The summed E-state index contributed by atoms with van der Waals surface area (Å²) in [7, 11) is 0. The van der Waals surface area contributed by atoms with Crippen molar-refractivity contribution in [3.05, 3.63) is 23.7 Å². The highest BCUT2D eigenvalue weighted by atomic mass is 16.5. The number of carboxylic acids is 3. The van der Waals surface area contributed by atoms with Crippen LogP contribution in [0.5, 0.6) is 0 Å². The lowest BCUT2D eigenvalue weighted by Gasteiger charge is -2.13. The molecule has 1 heterocycles. The van der Waals surface area contributed by atoms with E-state index < -0.39 is 36.4 Å². The minimum atomic E-state index is -1.17. The summed E-state index contributed by atoms with van der Waals surface area (Å²) in [6.07, 6.45) is 0.382. The maximum Gasteiger partial charge on any atom is 0.307 e. The molecule has 0 bridgehead atoms. The molecule has 0 aromatic carbocycles. The van der Waals surface area contributed by atoms with Gasteiger partial charge in [-0.1, -0.05) is 0 Å². The van der Waals surface area contributed by atoms with Gasteiger partial charge >= 0.3 is 17.9 Å². The van der Waals surface area contributed by atoms with Gasteiger partial charge in [-0.05, 0) is 31.4 Å². The Balaban J connectivity index is 2.50. The second-order valence-electron chi connectivity index (χ2n) is 5.87. The fourth-order valence-corrected chi connectivity index (χ4v) is 2.48. The molecule has 1 rings (SSSR count). The van der Waals surface area contributed by atoms with Crippen LogP contribution >= 0.6 is 0 Å². The molecule has 2 atom stereocenters. The van der Waals surface area contributed by atoms with Gasteiger partial charge in [-0.25, -0.2) is 0 Å². The molecular formula is C17H22O9. The van der Waals surface area contributed by atoms with Crippen molar-refractivity contribution in [3.63, 3.8) is 0 Å². The Morgan fingerprint density at radius 1 is 1.00 bits per heavy atom. The molecule has 26 heavy (non-hydrogen) atoms. The van der Waals surface area contributed by atoms with E-state index in [0.29, 0.717) is 24.4 Å². The molecule has 0 aliphatic carbocycles. The van der Waals surface area contributed by atoms with Crippen LogP contribution in [0.1, 0.15) is 43.6 Å². The lowest BCUT2D eigenvalue weighted by atomic mass is 9.99. The number of rotatable bonds is 14. The van der Waals surface area contributed by atoms with Gasteiger partial charge in [0.15, 0.2) is 0 Å². The first-order chi connectivity index (χ1) is 12.3. The third-order valence-electron chi connectivity index (χ3n) is 3.87. The van der Waals surface area contributed by atoms with Crippen LogP contribution in [0.2, 0.25) is 0 Å². The maximum absolute atomic E-state index is 11.0. The molecule has 0 aliphatic heterocycles. The van der Waals surface area contributed by atoms with Gasteiger partial charge in [-0.15, -0.1) is 0 Å². The van der Waals surface area contributed by atoms with E-state index in [9.17, 15) is 19.2 Å². The third kappa shape index (κ3) is 8.32. The largest absolute Gasteiger partial charge is 0.481 e. The van der Waals surface area contributed by atoms with Crippen LogP contribution in [0.25, 0.3) is 0 Å². The third-order valence-corrected chi connectivity index (χ3v) is 3.87. The minimum absolute atomic E-state index is 0.109. The molecule has 1 aromatic rings. The summed E-state index contributed by atoms with van der Waals surface area (Å²) < 4.78 is 10.4. The summed E-state index contributed by atoms with van der Waals surface area (Å²) in [5.74, 6) is -3.15. The Morgan fingerprint density at radius 2 is 1.62 bits per heavy atom. The van der Waals surface area contributed by atoms with E-state index in [2.05, 4.69) is 0 Å². The molecule has 144 valence electrons. The molecule has 0 amide bonds. The van der Waals surface area contributed by atoms with E-state index in [4.69, 9.17) is 24.5 Å². The summed E-state index contributed by atoms with van der Waals surface area (Å²) in [5, 5.41) is 26.4. The SMILES string of the molecule is O=COC(CCC(=O)O)CCc1ccc(CCC(CC(=O)O)C(=O)O)o1. The standard InChI is InChI=1S/C17H22O9/c18-10-25-12(7-8-15(19)20)3-4-14-6-5-13(26-14)2-1-11(17(23)24)9-16(21)22/h5-6,10-12H,1-4,7-9H2,(H,19,20)(H,21,22)(H,23,24). The van der Waals surface area contributed by atoms with Gasteiger partial charge in [0.25, 0.3) is 6.47 Å². The first-order valence-electron chi connectivity index (χ1n) is 8.15. The number of hydrogen-bond donors (Lipinski definition) is 3. The van der Waals surface area contributed by atoms with Crippen molar-refractivity contribution in [2.24, 2.45) is 5.92 Å². The van der Waals surface area contributed by atoms with Crippen molar-refractivity contribution < 1.29 is 43.7 Å². The van der Waals surface area contributed by atoms with E-state index in [1.807, 2.05) is 0 Å². The summed E-state index contributed by atoms with van der Waals surface area (Å²) in [5.41, 5.74) is 0. The van der Waals surface area contributed by atoms with E-state index in [1.165, 1.54) is 0 Å². The van der Waals surface area contributed by atoms with E-state index >= 15 is 0 Å². The van der Waals surface area contributed by atoms with Crippen molar-refractivity contribution in [2.45, 2.75) is 51.0 Å². The molecule has 3 N–H and O–H groups in total. The van der Waals surface area contributed by atoms with Crippen molar-refractivity contribution in [3.8, 4) is 0 Å². The number of aliphatic carboxylic acids is 3. The Kier molecular flexibility index (Phi) is 8.90. The Morgan fingerprint density at radius 3 is 2.12 bits per heavy atom. The number of carboxylic acid groups (broad SMARTS) is 3. The average molecular weight is 370 g/mol. The zero-order chi connectivity index (χ0) is 19.5. The van der Waals surface area contributed by atoms with Gasteiger partial charge in [0, 0.05) is 19.3 Å². The fraction of sp³-hybridized carbons (Fsp3) is 0.529. The van der Waals surface area contributed by atoms with Crippen LogP contribution in [0.4, 0.5) is 0 Å². The van der Waals surface area contributed by atoms with Crippen molar-refractivity contribution in [1.29, 1.82) is 0 Å². The molecule has 0 radical (unpaired) electrons. The van der Waals surface area contributed by atoms with Gasteiger partial charge in [-0.3, -0.25) is 19.2 Å². The number of aryl methyl sites for hydroxylation is 2. The molecular weight excluding hydrogens is 348 g/mol. The van der Waals surface area contributed by atoms with Gasteiger partial charge in [0.1, 0.15) is 17.6 Å². The number of carbonyl (C=O) groups excluding carboxylic acids is 1. The average Bonchev–Trinajstić information content (AvgIpc) is 3.01. The monoisotopic (exact) mass is 370 g/mol. The van der Waals surface area contributed by atoms with Crippen LogP contribution in [-0.2, 0) is 36.8 Å². The molecule has 2 unspecified atom stereocenters. The van der Waals surface area contributed by atoms with Crippen LogP contribution in [-0.4, -0.2) is 45.8 Å². The number of furan rings is 1. The summed E-state index contributed by atoms with van der Waals surface area (Å²) in [4.78, 5) is 42.8. The zero-order valence-electron chi connectivity index (χ0n) is 14.1. The Hall–Kier alpha value is -2.84. The van der Waals surface area contributed by atoms with Crippen LogP contribution in [0.3, 0.4) is 0 Å². The molecule has 0 aliphatic rings. The predicted molar refractivity (Wildman–Crippen MR) is 86.5 cm³/mol. The van der Waals surface area contributed by atoms with E-state index in [1.54, 1.807) is 12.1 Å². The van der Waals surface area contributed by atoms with Gasteiger partial charge in [0.05, 0.1) is 12.3 Å². The van der Waals surface area contributed by atoms with Crippen molar-refractivity contribution in [1.82, 2.24) is 0 Å². The van der Waals surface area contributed by atoms with Crippen LogP contribution in [0.15, 0.2) is 16.5 Å². The van der Waals surface area contributed by atoms with Gasteiger partial charge in [0.2, 0.25) is 0 Å². The summed E-state index contributed by atoms with van der Waals surface area (Å²) in [6.45, 7) is 0.286. The predicted octanol–water partition coefficient (Wildman–Crippen LogP) is 1.73. The fourth-order valence-electron chi connectivity index (χ4n) is 2.48. The molecule has 0 spiro atoms. The minimum Gasteiger partial charge on any atom is -0.481 e. The molecule has 0 fully saturated rings. The second kappa shape index (κ2) is 10.9. The first-order valence-corrected chi connectivity index (χ1v) is 8.15. The smallest absolute Gasteiger partial charge is 0.307 e. The molecule has 0 saturated heterocycles. The summed E-state index contributed by atoms with van der Waals surface area (Å²) in [6, 6.07) is 3.39. The van der Waals surface area contributed by atoms with Crippen LogP contribution in [0, 0.1) is 5.92 Å². The van der Waals surface area contributed by atoms with Gasteiger partial charge < -0.3 is 24.5 Å². The molecule has 1 aromatic heterocycles. The highest BCUT2D eigenvalue weighted by molar-refractivity contribution is 5.77. The number of hydrogen-bond acceptors (Lipinski definition) is 6. The van der Waals surface area contributed by atoms with E-state index in [-0.39, 0.29) is 32.2 Å². The Bertz CT molecular complexity index is 620. The van der Waals surface area contributed by atoms with Crippen molar-refractivity contribution >= 4 is 24.4 Å². The van der Waals surface area contributed by atoms with Crippen LogP contribution < -0.4 is 0 Å². The van der Waals surface area contributed by atoms with Gasteiger partial charge in [-0.2, -0.15) is 0 Å². The topological polar surface area (TPSA) is 151 Å². The molecule has 9 nitrogen and oxygen atoms in total. The quantitative estimate of drug-likeness (QED) is 0.416. The van der Waals surface area contributed by atoms with E-state index in [0.717, 1.165) is 0 Å². The lowest BCUT2D eigenvalue weighted by Crippen LogP contribution is -2.18. The van der Waals surface area contributed by atoms with Crippen molar-refractivity contribution in [2.75, 3.05) is 0 Å². The second-order valence-corrected chi connectivity index (χ2v) is 5.87. The zero-order valence-corrected chi connectivity index (χ0v) is 14.1.